The van der Waals surface area contributed by atoms with Crippen LogP contribution in [0.25, 0.3) is 0 Å². The zero-order valence-electron chi connectivity index (χ0n) is 23.5. The smallest absolute Gasteiger partial charge is 0.264 e. The van der Waals surface area contributed by atoms with Crippen molar-refractivity contribution >= 4 is 66.7 Å². The van der Waals surface area contributed by atoms with Crippen molar-refractivity contribution < 1.29 is 18.0 Å². The lowest BCUT2D eigenvalue weighted by Crippen LogP contribution is -2.53. The van der Waals surface area contributed by atoms with Crippen molar-refractivity contribution in [3.05, 3.63) is 92.4 Å². The zero-order valence-corrected chi connectivity index (χ0v) is 27.4. The number of aryl methyl sites for hydroxylation is 1. The second kappa shape index (κ2) is 14.3. The molecule has 0 aliphatic heterocycles. The molecule has 3 aromatic carbocycles. The van der Waals surface area contributed by atoms with Gasteiger partial charge in [-0.2, -0.15) is 0 Å². The van der Waals surface area contributed by atoms with Gasteiger partial charge in [0, 0.05) is 17.1 Å². The average molecular weight is 696 g/mol. The monoisotopic (exact) mass is 693 g/mol. The lowest BCUT2D eigenvalue weighted by atomic mass is 9.95. The molecule has 0 spiro atoms. The molecule has 224 valence electrons. The number of sulfonamides is 1. The Morgan fingerprint density at radius 1 is 1.00 bits per heavy atom. The zero-order chi connectivity index (χ0) is 30.4. The van der Waals surface area contributed by atoms with Crippen LogP contribution in [0.3, 0.4) is 0 Å². The third-order valence-corrected chi connectivity index (χ3v) is 10.5. The Hall–Kier alpha value is -2.59. The van der Waals surface area contributed by atoms with Crippen molar-refractivity contribution in [2.45, 2.75) is 69.5 Å². The molecule has 42 heavy (non-hydrogen) atoms. The molecule has 0 radical (unpaired) electrons. The van der Waals surface area contributed by atoms with Gasteiger partial charge in [0.1, 0.15) is 12.6 Å². The Bertz CT molecular complexity index is 1530. The Kier molecular flexibility index (Phi) is 11.0. The van der Waals surface area contributed by atoms with Gasteiger partial charge in [-0.05, 0) is 68.7 Å². The number of rotatable bonds is 10. The van der Waals surface area contributed by atoms with E-state index in [0.29, 0.717) is 0 Å². The highest BCUT2D eigenvalue weighted by atomic mass is 79.9. The predicted octanol–water partition coefficient (Wildman–Crippen LogP) is 7.13. The Balaban J connectivity index is 1.71. The number of carbonyl (C=O) groups is 2. The number of nitrogens with zero attached hydrogens (tertiary/aromatic N) is 2. The van der Waals surface area contributed by atoms with E-state index in [2.05, 4.69) is 21.2 Å². The molecule has 0 aromatic heterocycles. The van der Waals surface area contributed by atoms with Crippen LogP contribution in [0, 0.1) is 6.92 Å². The Morgan fingerprint density at radius 2 is 1.67 bits per heavy atom. The van der Waals surface area contributed by atoms with Gasteiger partial charge in [-0.3, -0.25) is 13.9 Å². The molecule has 1 aliphatic carbocycles. The van der Waals surface area contributed by atoms with E-state index >= 15 is 0 Å². The molecule has 1 aliphatic rings. The first-order valence-electron chi connectivity index (χ1n) is 13.8. The fourth-order valence-corrected chi connectivity index (χ4v) is 7.34. The topological polar surface area (TPSA) is 86.8 Å². The Labute approximate surface area is 266 Å². The third kappa shape index (κ3) is 7.86. The summed E-state index contributed by atoms with van der Waals surface area (Å²) in [5, 5.41) is 3.26. The van der Waals surface area contributed by atoms with Gasteiger partial charge in [-0.1, -0.05) is 94.3 Å². The van der Waals surface area contributed by atoms with E-state index in [1.807, 2.05) is 31.2 Å². The van der Waals surface area contributed by atoms with Gasteiger partial charge in [0.15, 0.2) is 0 Å². The predicted molar refractivity (Wildman–Crippen MR) is 171 cm³/mol. The number of nitrogens with one attached hydrogen (secondary N) is 1. The van der Waals surface area contributed by atoms with E-state index in [1.54, 1.807) is 31.2 Å². The number of hydrogen-bond acceptors (Lipinski definition) is 4. The second-order valence-corrected chi connectivity index (χ2v) is 14.1. The standard InChI is InChI=1S/C31H34BrCl2N3O4S/c1-21-14-16-26(17-15-21)42(40,41)37(28-13-7-12-27(33)30(28)34)20-29(38)36(19-23-8-6-9-24(32)18-23)22(2)31(39)35-25-10-4-3-5-11-25/h6-9,12-18,22,25H,3-5,10-11,19-20H2,1-2H3,(H,35,39). The molecule has 0 heterocycles. The summed E-state index contributed by atoms with van der Waals surface area (Å²) in [4.78, 5) is 29.0. The maximum absolute atomic E-state index is 14.1. The molecular formula is C31H34BrCl2N3O4S. The second-order valence-electron chi connectivity index (χ2n) is 10.6. The molecule has 1 saturated carbocycles. The summed E-state index contributed by atoms with van der Waals surface area (Å²) in [7, 11) is -4.25. The van der Waals surface area contributed by atoms with Crippen LogP contribution in [-0.4, -0.2) is 43.8 Å². The summed E-state index contributed by atoms with van der Waals surface area (Å²) in [6.45, 7) is 3.02. The number of anilines is 1. The number of carbonyl (C=O) groups excluding carboxylic acids is 2. The minimum atomic E-state index is -4.25. The van der Waals surface area contributed by atoms with Crippen LogP contribution in [-0.2, 0) is 26.2 Å². The maximum atomic E-state index is 14.1. The van der Waals surface area contributed by atoms with Gasteiger partial charge in [0.25, 0.3) is 10.0 Å². The molecule has 1 N–H and O–H groups in total. The summed E-state index contributed by atoms with van der Waals surface area (Å²) in [6.07, 6.45) is 5.03. The van der Waals surface area contributed by atoms with Crippen molar-refractivity contribution in [2.75, 3.05) is 10.8 Å². The number of hydrogen-bond donors (Lipinski definition) is 1. The fraction of sp³-hybridized carbons (Fsp3) is 0.355. The first-order valence-corrected chi connectivity index (χ1v) is 16.8. The first-order chi connectivity index (χ1) is 20.0. The number of halogens is 3. The minimum absolute atomic E-state index is 0.00132. The summed E-state index contributed by atoms with van der Waals surface area (Å²) in [6, 6.07) is 17.6. The van der Waals surface area contributed by atoms with Crippen LogP contribution in [0.4, 0.5) is 5.69 Å². The van der Waals surface area contributed by atoms with Crippen molar-refractivity contribution in [3.8, 4) is 0 Å². The fourth-order valence-electron chi connectivity index (χ4n) is 5.02. The van der Waals surface area contributed by atoms with E-state index in [1.165, 1.54) is 23.1 Å². The van der Waals surface area contributed by atoms with E-state index in [9.17, 15) is 18.0 Å². The molecule has 0 saturated heterocycles. The van der Waals surface area contributed by atoms with Gasteiger partial charge in [-0.25, -0.2) is 8.42 Å². The van der Waals surface area contributed by atoms with Crippen LogP contribution < -0.4 is 9.62 Å². The van der Waals surface area contributed by atoms with Crippen LogP contribution in [0.15, 0.2) is 76.1 Å². The maximum Gasteiger partial charge on any atom is 0.264 e. The molecule has 1 atom stereocenters. The highest BCUT2D eigenvalue weighted by molar-refractivity contribution is 9.10. The molecule has 1 unspecified atom stereocenters. The molecular weight excluding hydrogens is 661 g/mol. The molecule has 0 bridgehead atoms. The molecule has 7 nitrogen and oxygen atoms in total. The quantitative estimate of drug-likeness (QED) is 0.245. The highest BCUT2D eigenvalue weighted by Gasteiger charge is 2.34. The molecule has 1 fully saturated rings. The lowest BCUT2D eigenvalue weighted by molar-refractivity contribution is -0.139. The minimum Gasteiger partial charge on any atom is -0.352 e. The third-order valence-electron chi connectivity index (χ3n) is 7.45. The highest BCUT2D eigenvalue weighted by Crippen LogP contribution is 2.35. The van der Waals surface area contributed by atoms with Crippen LogP contribution in [0.1, 0.15) is 50.2 Å². The lowest BCUT2D eigenvalue weighted by Gasteiger charge is -2.33. The van der Waals surface area contributed by atoms with E-state index in [0.717, 1.165) is 52.0 Å². The number of benzene rings is 3. The number of amides is 2. The van der Waals surface area contributed by atoms with Gasteiger partial charge < -0.3 is 10.2 Å². The van der Waals surface area contributed by atoms with E-state index in [-0.39, 0.29) is 39.1 Å². The summed E-state index contributed by atoms with van der Waals surface area (Å²) in [5.41, 5.74) is 1.74. The molecule has 4 rings (SSSR count). The molecule has 3 aromatic rings. The van der Waals surface area contributed by atoms with Crippen molar-refractivity contribution in [2.24, 2.45) is 0 Å². The SMILES string of the molecule is Cc1ccc(S(=O)(=O)N(CC(=O)N(Cc2cccc(Br)c2)C(C)C(=O)NC2CCCCC2)c2cccc(Cl)c2Cl)cc1. The van der Waals surface area contributed by atoms with Gasteiger partial charge in [0.2, 0.25) is 11.8 Å². The largest absolute Gasteiger partial charge is 0.352 e. The molecule has 2 amide bonds. The molecule has 11 heteroatoms. The normalized spacial score (nSPS) is 14.7. The summed E-state index contributed by atoms with van der Waals surface area (Å²) < 4.78 is 29.8. The van der Waals surface area contributed by atoms with Crippen molar-refractivity contribution in [3.63, 3.8) is 0 Å². The van der Waals surface area contributed by atoms with Crippen LogP contribution in [0.2, 0.25) is 10.0 Å². The van der Waals surface area contributed by atoms with Gasteiger partial charge in [0.05, 0.1) is 20.6 Å². The summed E-state index contributed by atoms with van der Waals surface area (Å²) in [5.74, 6) is -0.841. The van der Waals surface area contributed by atoms with E-state index in [4.69, 9.17) is 23.2 Å². The van der Waals surface area contributed by atoms with Crippen LogP contribution in [0.5, 0.6) is 0 Å². The van der Waals surface area contributed by atoms with Gasteiger partial charge in [-0.15, -0.1) is 0 Å². The van der Waals surface area contributed by atoms with Crippen LogP contribution >= 0.6 is 39.1 Å². The van der Waals surface area contributed by atoms with Gasteiger partial charge >= 0.3 is 0 Å². The first kappa shape index (κ1) is 32.3. The Morgan fingerprint density at radius 3 is 2.33 bits per heavy atom. The van der Waals surface area contributed by atoms with Crippen molar-refractivity contribution in [1.29, 1.82) is 0 Å². The van der Waals surface area contributed by atoms with E-state index < -0.39 is 28.5 Å². The summed E-state index contributed by atoms with van der Waals surface area (Å²) >= 11 is 16.2. The average Bonchev–Trinajstić information content (AvgIpc) is 2.96. The van der Waals surface area contributed by atoms with Crippen molar-refractivity contribution in [1.82, 2.24) is 10.2 Å².